The van der Waals surface area contributed by atoms with E-state index in [9.17, 15) is 18.0 Å². The first-order valence-corrected chi connectivity index (χ1v) is 16.3. The Labute approximate surface area is 268 Å². The number of piperazine rings is 1. The predicted molar refractivity (Wildman–Crippen MR) is 171 cm³/mol. The van der Waals surface area contributed by atoms with Gasteiger partial charge in [0.25, 0.3) is 0 Å². The van der Waals surface area contributed by atoms with Gasteiger partial charge in [-0.2, -0.15) is 13.2 Å². The molecule has 11 heteroatoms. The minimum atomic E-state index is -4.38. The smallest absolute Gasteiger partial charge is 0.416 e. The maximum absolute atomic E-state index is 13.5. The fourth-order valence-corrected chi connectivity index (χ4v) is 6.61. The van der Waals surface area contributed by atoms with Crippen LogP contribution in [0.5, 0.6) is 5.75 Å². The summed E-state index contributed by atoms with van der Waals surface area (Å²) in [5.74, 6) is 0.123. The number of carbonyl (C=O) groups is 1. The van der Waals surface area contributed by atoms with Gasteiger partial charge in [0, 0.05) is 52.6 Å². The lowest BCUT2D eigenvalue weighted by Crippen LogP contribution is -2.47. The number of fused-ring (bicyclic) bond motifs is 2. The molecule has 0 saturated carbocycles. The largest absolute Gasteiger partial charge is 0.493 e. The second kappa shape index (κ2) is 14.5. The predicted octanol–water partition coefficient (Wildman–Crippen LogP) is 7.18. The van der Waals surface area contributed by atoms with E-state index >= 15 is 0 Å². The van der Waals surface area contributed by atoms with Crippen molar-refractivity contribution < 1.29 is 27.4 Å². The van der Waals surface area contributed by atoms with Crippen LogP contribution in [-0.4, -0.2) is 74.8 Å². The Morgan fingerprint density at radius 3 is 2.30 bits per heavy atom. The Morgan fingerprint density at radius 1 is 0.907 bits per heavy atom. The molecule has 3 aromatic rings. The van der Waals surface area contributed by atoms with Crippen LogP contribution >= 0.6 is 34.4 Å². The van der Waals surface area contributed by atoms with E-state index < -0.39 is 11.7 Å². The van der Waals surface area contributed by atoms with Crippen LogP contribution in [0, 0.1) is 9.49 Å². The standard InChI is InChI=1S/C32H35F3IN3O3S/c1-23(22-42-26-10-8-25(36)9-11-26)31(40)41-20-19-38-17-15-37(16-18-38)13-4-14-39-27-5-2-3-6-29(27)43-30-12-7-24(21-28(30)39)32(33,34)35/h2-3,5-12,21,23H,4,13-20,22H2,1H3. The second-order valence-corrected chi connectivity index (χ2v) is 13.1. The van der Waals surface area contributed by atoms with Gasteiger partial charge in [-0.15, -0.1) is 0 Å². The van der Waals surface area contributed by atoms with Crippen LogP contribution in [0.3, 0.4) is 0 Å². The van der Waals surface area contributed by atoms with Gasteiger partial charge in [-0.25, -0.2) is 0 Å². The number of benzene rings is 3. The van der Waals surface area contributed by atoms with Gasteiger partial charge in [-0.1, -0.05) is 23.9 Å². The summed E-state index contributed by atoms with van der Waals surface area (Å²) in [7, 11) is 0. The zero-order valence-corrected chi connectivity index (χ0v) is 27.0. The first-order valence-electron chi connectivity index (χ1n) is 14.4. The van der Waals surface area contributed by atoms with Crippen LogP contribution in [0.1, 0.15) is 18.9 Å². The fraction of sp³-hybridized carbons (Fsp3) is 0.406. The van der Waals surface area contributed by atoms with E-state index in [-0.39, 0.29) is 18.5 Å². The van der Waals surface area contributed by atoms with Gasteiger partial charge >= 0.3 is 12.1 Å². The summed E-state index contributed by atoms with van der Waals surface area (Å²) in [5.41, 5.74) is 0.950. The lowest BCUT2D eigenvalue weighted by molar-refractivity contribution is -0.149. The van der Waals surface area contributed by atoms with Crippen molar-refractivity contribution in [1.29, 1.82) is 0 Å². The number of halogens is 4. The van der Waals surface area contributed by atoms with E-state index in [0.717, 1.165) is 63.9 Å². The van der Waals surface area contributed by atoms with Crippen molar-refractivity contribution in [2.24, 2.45) is 5.92 Å². The molecule has 2 aliphatic heterocycles. The average Bonchev–Trinajstić information content (AvgIpc) is 3.00. The highest BCUT2D eigenvalue weighted by atomic mass is 127. The summed E-state index contributed by atoms with van der Waals surface area (Å²) in [6, 6.07) is 19.6. The van der Waals surface area contributed by atoms with E-state index in [1.54, 1.807) is 6.07 Å². The van der Waals surface area contributed by atoms with Gasteiger partial charge in [0.1, 0.15) is 19.0 Å². The second-order valence-electron chi connectivity index (χ2n) is 10.8. The molecule has 1 fully saturated rings. The number of alkyl halides is 3. The molecular weight excluding hydrogens is 690 g/mol. The van der Waals surface area contributed by atoms with Crippen LogP contribution < -0.4 is 9.64 Å². The summed E-state index contributed by atoms with van der Waals surface area (Å²) >= 11 is 3.75. The van der Waals surface area contributed by atoms with E-state index in [1.165, 1.54) is 23.9 Å². The highest BCUT2D eigenvalue weighted by Gasteiger charge is 2.33. The molecule has 3 aromatic carbocycles. The van der Waals surface area contributed by atoms with Gasteiger partial charge in [-0.05, 0) is 97.1 Å². The molecule has 0 N–H and O–H groups in total. The molecule has 0 radical (unpaired) electrons. The van der Waals surface area contributed by atoms with Gasteiger partial charge < -0.3 is 19.3 Å². The van der Waals surface area contributed by atoms with Crippen molar-refractivity contribution in [2.75, 3.05) is 63.9 Å². The van der Waals surface area contributed by atoms with E-state index in [2.05, 4.69) is 32.4 Å². The van der Waals surface area contributed by atoms with Crippen molar-refractivity contribution >= 4 is 51.7 Å². The minimum Gasteiger partial charge on any atom is -0.493 e. The molecule has 43 heavy (non-hydrogen) atoms. The van der Waals surface area contributed by atoms with Crippen molar-refractivity contribution in [3.8, 4) is 5.75 Å². The Morgan fingerprint density at radius 2 is 1.58 bits per heavy atom. The number of nitrogens with zero attached hydrogens (tertiary/aromatic N) is 3. The van der Waals surface area contributed by atoms with Crippen LogP contribution in [-0.2, 0) is 15.7 Å². The maximum Gasteiger partial charge on any atom is 0.416 e. The molecule has 230 valence electrons. The van der Waals surface area contributed by atoms with Gasteiger partial charge in [-0.3, -0.25) is 9.69 Å². The van der Waals surface area contributed by atoms with Gasteiger partial charge in [0.15, 0.2) is 0 Å². The number of esters is 1. The zero-order valence-electron chi connectivity index (χ0n) is 24.0. The molecule has 0 amide bonds. The molecular formula is C32H35F3IN3O3S. The SMILES string of the molecule is CC(COc1ccc(I)cc1)C(=O)OCCN1CCN(CCCN2c3ccccc3Sc3ccc(C(F)(F)F)cc32)CC1. The lowest BCUT2D eigenvalue weighted by atomic mass is 10.1. The topological polar surface area (TPSA) is 45.3 Å². The third-order valence-corrected chi connectivity index (χ3v) is 9.49. The monoisotopic (exact) mass is 725 g/mol. The number of para-hydroxylation sites is 1. The molecule has 0 bridgehead atoms. The number of anilines is 2. The summed E-state index contributed by atoms with van der Waals surface area (Å²) in [6.07, 6.45) is -3.55. The Balaban J connectivity index is 1.04. The third kappa shape index (κ3) is 8.58. The molecule has 0 aromatic heterocycles. The van der Waals surface area contributed by atoms with E-state index in [4.69, 9.17) is 9.47 Å². The molecule has 0 spiro atoms. The molecule has 5 rings (SSSR count). The molecule has 0 aliphatic carbocycles. The Kier molecular flexibility index (Phi) is 10.8. The van der Waals surface area contributed by atoms with Crippen LogP contribution in [0.15, 0.2) is 76.5 Å². The first kappa shape index (κ1) is 31.9. The Bertz CT molecular complexity index is 1380. The van der Waals surface area contributed by atoms with E-state index in [0.29, 0.717) is 25.4 Å². The normalized spacial score (nSPS) is 16.3. The number of ether oxygens (including phenoxy) is 2. The lowest BCUT2D eigenvalue weighted by Gasteiger charge is -2.36. The molecule has 2 aliphatic rings. The molecule has 2 heterocycles. The highest BCUT2D eigenvalue weighted by molar-refractivity contribution is 14.1. The molecule has 1 unspecified atom stereocenters. The van der Waals surface area contributed by atoms with Crippen LogP contribution in [0.4, 0.5) is 24.5 Å². The third-order valence-electron chi connectivity index (χ3n) is 7.64. The minimum absolute atomic E-state index is 0.259. The van der Waals surface area contributed by atoms with Gasteiger partial charge in [0.2, 0.25) is 0 Å². The average molecular weight is 726 g/mol. The highest BCUT2D eigenvalue weighted by Crippen LogP contribution is 2.49. The summed E-state index contributed by atoms with van der Waals surface area (Å²) in [5, 5.41) is 0. The maximum atomic E-state index is 13.5. The number of rotatable bonds is 11. The number of hydrogen-bond acceptors (Lipinski definition) is 7. The summed E-state index contributed by atoms with van der Waals surface area (Å²) < 4.78 is 52.8. The first-order chi connectivity index (χ1) is 20.7. The van der Waals surface area contributed by atoms with Gasteiger partial charge in [0.05, 0.1) is 22.9 Å². The van der Waals surface area contributed by atoms with Crippen molar-refractivity contribution in [2.45, 2.75) is 29.3 Å². The quantitative estimate of drug-likeness (QED) is 0.153. The summed E-state index contributed by atoms with van der Waals surface area (Å²) in [4.78, 5) is 21.0. The molecule has 1 saturated heterocycles. The van der Waals surface area contributed by atoms with Crippen LogP contribution in [0.25, 0.3) is 0 Å². The van der Waals surface area contributed by atoms with E-state index in [1.807, 2.05) is 60.4 Å². The molecule has 6 nitrogen and oxygen atoms in total. The zero-order chi connectivity index (χ0) is 30.4. The van der Waals surface area contributed by atoms with Crippen molar-refractivity contribution in [3.63, 3.8) is 0 Å². The fourth-order valence-electron chi connectivity index (χ4n) is 5.17. The van der Waals surface area contributed by atoms with Crippen LogP contribution in [0.2, 0.25) is 0 Å². The van der Waals surface area contributed by atoms with Crippen molar-refractivity contribution in [1.82, 2.24) is 9.80 Å². The molecule has 1 atom stereocenters. The van der Waals surface area contributed by atoms with Crippen molar-refractivity contribution in [3.05, 3.63) is 75.9 Å². The Hall–Kier alpha value is -2.48. The number of carbonyl (C=O) groups excluding carboxylic acids is 1. The summed E-state index contributed by atoms with van der Waals surface area (Å²) in [6.45, 7) is 8.16. The number of hydrogen-bond donors (Lipinski definition) is 0.